The van der Waals surface area contributed by atoms with Crippen LogP contribution in [0.15, 0.2) is 24.3 Å². The molecule has 1 fully saturated rings. The number of esters is 2. The van der Waals surface area contributed by atoms with Crippen molar-refractivity contribution >= 4 is 23.5 Å². The van der Waals surface area contributed by atoms with Crippen LogP contribution in [0.4, 0.5) is 0 Å². The van der Waals surface area contributed by atoms with Gasteiger partial charge in [-0.2, -0.15) is 0 Å². The van der Waals surface area contributed by atoms with Crippen molar-refractivity contribution in [3.63, 3.8) is 0 Å². The lowest BCUT2D eigenvalue weighted by Gasteiger charge is -2.27. The largest absolute Gasteiger partial charge is 0.469 e. The lowest BCUT2D eigenvalue weighted by molar-refractivity contribution is -0.146. The maximum atomic E-state index is 11.8. The van der Waals surface area contributed by atoms with Gasteiger partial charge in [-0.15, -0.1) is 0 Å². The molecule has 2 rings (SSSR count). The summed E-state index contributed by atoms with van der Waals surface area (Å²) in [6.07, 6.45) is 3.29. The average molecular weight is 326 g/mol. The number of benzene rings is 1. The van der Waals surface area contributed by atoms with Crippen molar-refractivity contribution in [3.8, 4) is 5.75 Å². The normalized spacial score (nSPS) is 21.2. The highest BCUT2D eigenvalue weighted by atomic mass is 35.5. The van der Waals surface area contributed by atoms with Gasteiger partial charge < -0.3 is 14.8 Å². The van der Waals surface area contributed by atoms with Crippen molar-refractivity contribution in [2.24, 2.45) is 5.92 Å². The van der Waals surface area contributed by atoms with E-state index in [9.17, 15) is 9.59 Å². The average Bonchev–Trinajstić information content (AvgIpc) is 2.55. The molecule has 1 aliphatic carbocycles. The number of carbonyl (C=O) groups is 2. The number of ether oxygens (including phenoxy) is 2. The third kappa shape index (κ3) is 5.00. The Hall–Kier alpha value is -1.59. The van der Waals surface area contributed by atoms with Gasteiger partial charge in [-0.1, -0.05) is 11.6 Å². The first-order valence-electron chi connectivity index (χ1n) is 7.36. The molecule has 1 aromatic rings. The maximum Gasteiger partial charge on any atom is 0.325 e. The quantitative estimate of drug-likeness (QED) is 0.666. The van der Waals surface area contributed by atoms with Crippen LogP contribution < -0.4 is 10.1 Å². The van der Waals surface area contributed by atoms with E-state index < -0.39 is 0 Å². The third-order valence-electron chi connectivity index (χ3n) is 3.84. The van der Waals surface area contributed by atoms with E-state index in [0.29, 0.717) is 10.8 Å². The SMILES string of the molecule is COC(=O)C1CCC(NCC(=O)Oc2ccc(Cl)cc2)CC1. The summed E-state index contributed by atoms with van der Waals surface area (Å²) < 4.78 is 9.96. The molecule has 0 spiro atoms. The van der Waals surface area contributed by atoms with Crippen LogP contribution in [-0.2, 0) is 14.3 Å². The molecule has 1 aliphatic rings. The number of hydrogen-bond acceptors (Lipinski definition) is 5. The Kier molecular flexibility index (Phi) is 6.21. The Morgan fingerprint density at radius 1 is 1.18 bits per heavy atom. The minimum atomic E-state index is -0.336. The lowest BCUT2D eigenvalue weighted by atomic mass is 9.86. The first kappa shape index (κ1) is 16.8. The smallest absolute Gasteiger partial charge is 0.325 e. The highest BCUT2D eigenvalue weighted by Crippen LogP contribution is 2.25. The van der Waals surface area contributed by atoms with E-state index in [1.807, 2.05) is 0 Å². The lowest BCUT2D eigenvalue weighted by Crippen LogP contribution is -2.39. The van der Waals surface area contributed by atoms with E-state index in [1.165, 1.54) is 7.11 Å². The topological polar surface area (TPSA) is 64.6 Å². The Balaban J connectivity index is 1.69. The molecule has 5 nitrogen and oxygen atoms in total. The summed E-state index contributed by atoms with van der Waals surface area (Å²) in [5, 5.41) is 3.78. The highest BCUT2D eigenvalue weighted by Gasteiger charge is 2.26. The molecule has 0 atom stereocenters. The molecule has 0 unspecified atom stereocenters. The molecule has 0 aromatic heterocycles. The van der Waals surface area contributed by atoms with Crippen molar-refractivity contribution in [1.29, 1.82) is 0 Å². The Labute approximate surface area is 134 Å². The number of hydrogen-bond donors (Lipinski definition) is 1. The van der Waals surface area contributed by atoms with E-state index in [2.05, 4.69) is 5.32 Å². The van der Waals surface area contributed by atoms with Gasteiger partial charge in [0, 0.05) is 11.1 Å². The van der Waals surface area contributed by atoms with Crippen molar-refractivity contribution in [2.75, 3.05) is 13.7 Å². The number of rotatable bonds is 5. The predicted octanol–water partition coefficient (Wildman–Crippen LogP) is 2.57. The molecule has 0 radical (unpaired) electrons. The first-order valence-corrected chi connectivity index (χ1v) is 7.73. The second-order valence-electron chi connectivity index (χ2n) is 5.38. The summed E-state index contributed by atoms with van der Waals surface area (Å²) in [7, 11) is 1.42. The van der Waals surface area contributed by atoms with Crippen LogP contribution in [0.3, 0.4) is 0 Å². The van der Waals surface area contributed by atoms with Crippen LogP contribution >= 0.6 is 11.6 Å². The zero-order valence-corrected chi connectivity index (χ0v) is 13.3. The second kappa shape index (κ2) is 8.15. The molecular formula is C16H20ClNO4. The number of halogens is 1. The fraction of sp³-hybridized carbons (Fsp3) is 0.500. The van der Waals surface area contributed by atoms with Crippen LogP contribution in [0.25, 0.3) is 0 Å². The monoisotopic (exact) mass is 325 g/mol. The summed E-state index contributed by atoms with van der Waals surface area (Å²) >= 11 is 5.77. The van der Waals surface area contributed by atoms with Crippen LogP contribution in [0.5, 0.6) is 5.75 Å². The van der Waals surface area contributed by atoms with Gasteiger partial charge in [0.05, 0.1) is 19.6 Å². The van der Waals surface area contributed by atoms with Crippen molar-refractivity contribution in [2.45, 2.75) is 31.7 Å². The highest BCUT2D eigenvalue weighted by molar-refractivity contribution is 6.30. The number of methoxy groups -OCH3 is 1. The molecule has 0 amide bonds. The van der Waals surface area contributed by atoms with E-state index in [-0.39, 0.29) is 30.4 Å². The molecule has 0 saturated heterocycles. The molecular weight excluding hydrogens is 306 g/mol. The van der Waals surface area contributed by atoms with E-state index in [0.717, 1.165) is 25.7 Å². The number of carbonyl (C=O) groups excluding carboxylic acids is 2. The molecule has 120 valence electrons. The molecule has 0 aliphatic heterocycles. The molecule has 0 bridgehead atoms. The van der Waals surface area contributed by atoms with Gasteiger partial charge in [0.2, 0.25) is 0 Å². The Bertz CT molecular complexity index is 509. The summed E-state index contributed by atoms with van der Waals surface area (Å²) in [6, 6.07) is 6.89. The molecule has 22 heavy (non-hydrogen) atoms. The fourth-order valence-corrected chi connectivity index (χ4v) is 2.72. The predicted molar refractivity (Wildman–Crippen MR) is 82.9 cm³/mol. The van der Waals surface area contributed by atoms with Gasteiger partial charge in [-0.05, 0) is 49.9 Å². The second-order valence-corrected chi connectivity index (χ2v) is 5.82. The van der Waals surface area contributed by atoms with Gasteiger partial charge in [0.15, 0.2) is 0 Å². The minimum Gasteiger partial charge on any atom is -0.469 e. The third-order valence-corrected chi connectivity index (χ3v) is 4.09. The molecule has 1 N–H and O–H groups in total. The van der Waals surface area contributed by atoms with Gasteiger partial charge in [0.25, 0.3) is 0 Å². The summed E-state index contributed by atoms with van der Waals surface area (Å²) in [6.45, 7) is 0.149. The summed E-state index contributed by atoms with van der Waals surface area (Å²) in [5.74, 6) is -0.00678. The maximum absolute atomic E-state index is 11.8. The minimum absolute atomic E-state index is 0.0101. The summed E-state index contributed by atoms with van der Waals surface area (Å²) in [5.41, 5.74) is 0. The van der Waals surface area contributed by atoms with Crippen LogP contribution in [0, 0.1) is 5.92 Å². The molecule has 0 heterocycles. The van der Waals surface area contributed by atoms with E-state index in [4.69, 9.17) is 21.1 Å². The van der Waals surface area contributed by atoms with Crippen LogP contribution in [0.1, 0.15) is 25.7 Å². The van der Waals surface area contributed by atoms with Gasteiger partial charge in [0.1, 0.15) is 5.75 Å². The van der Waals surface area contributed by atoms with Gasteiger partial charge in [-0.3, -0.25) is 9.59 Å². The zero-order chi connectivity index (χ0) is 15.9. The van der Waals surface area contributed by atoms with Crippen LogP contribution in [0.2, 0.25) is 5.02 Å². The number of nitrogens with one attached hydrogen (secondary N) is 1. The fourth-order valence-electron chi connectivity index (χ4n) is 2.60. The van der Waals surface area contributed by atoms with E-state index >= 15 is 0 Å². The van der Waals surface area contributed by atoms with E-state index in [1.54, 1.807) is 24.3 Å². The Morgan fingerprint density at radius 3 is 2.41 bits per heavy atom. The zero-order valence-electron chi connectivity index (χ0n) is 12.5. The Morgan fingerprint density at radius 2 is 1.82 bits per heavy atom. The van der Waals surface area contributed by atoms with Crippen molar-refractivity contribution in [3.05, 3.63) is 29.3 Å². The van der Waals surface area contributed by atoms with Crippen molar-refractivity contribution < 1.29 is 19.1 Å². The summed E-state index contributed by atoms with van der Waals surface area (Å²) in [4.78, 5) is 23.2. The van der Waals surface area contributed by atoms with Crippen LogP contribution in [-0.4, -0.2) is 31.6 Å². The standard InChI is InChI=1S/C16H20ClNO4/c1-21-16(20)11-2-6-13(7-3-11)18-10-15(19)22-14-8-4-12(17)5-9-14/h4-5,8-9,11,13,18H,2-3,6-7,10H2,1H3. The van der Waals surface area contributed by atoms with Gasteiger partial charge in [-0.25, -0.2) is 0 Å². The van der Waals surface area contributed by atoms with Crippen molar-refractivity contribution in [1.82, 2.24) is 5.32 Å². The molecule has 6 heteroatoms. The molecule has 1 saturated carbocycles. The first-order chi connectivity index (χ1) is 10.6. The van der Waals surface area contributed by atoms with Gasteiger partial charge >= 0.3 is 11.9 Å². The molecule has 1 aromatic carbocycles.